The van der Waals surface area contributed by atoms with Crippen molar-refractivity contribution in [1.82, 2.24) is 19.7 Å². The van der Waals surface area contributed by atoms with Crippen LogP contribution in [0.1, 0.15) is 24.9 Å². The van der Waals surface area contributed by atoms with Gasteiger partial charge in [0.1, 0.15) is 12.2 Å². The van der Waals surface area contributed by atoms with Crippen LogP contribution in [0.2, 0.25) is 0 Å². The fourth-order valence-electron chi connectivity index (χ4n) is 1.94. The van der Waals surface area contributed by atoms with E-state index in [9.17, 15) is 0 Å². The maximum Gasteiger partial charge on any atom is 0.138 e. The minimum absolute atomic E-state index is 0.0275. The first-order valence-electron chi connectivity index (χ1n) is 6.31. The molecule has 5 nitrogen and oxygen atoms in total. The molecule has 5 heteroatoms. The second-order valence-corrected chi connectivity index (χ2v) is 4.39. The molecule has 2 heterocycles. The average Bonchev–Trinajstić information content (AvgIpc) is 2.78. The van der Waals surface area contributed by atoms with Crippen molar-refractivity contribution in [2.45, 2.75) is 38.8 Å². The Bertz CT molecular complexity index is 465. The van der Waals surface area contributed by atoms with Gasteiger partial charge >= 0.3 is 0 Å². The Hall–Kier alpha value is -1.75. The Morgan fingerprint density at radius 3 is 2.89 bits per heavy atom. The first kappa shape index (κ1) is 12.7. The van der Waals surface area contributed by atoms with Gasteiger partial charge in [-0.15, -0.1) is 0 Å². The topological polar surface area (TPSA) is 69.6 Å². The SMILES string of the molecule is CCCn1ncnc1CC(N)Cc1ccccn1. The van der Waals surface area contributed by atoms with Gasteiger partial charge in [-0.3, -0.25) is 9.67 Å². The van der Waals surface area contributed by atoms with Crippen LogP contribution in [0.5, 0.6) is 0 Å². The third-order valence-electron chi connectivity index (χ3n) is 2.77. The highest BCUT2D eigenvalue weighted by Crippen LogP contribution is 2.04. The number of aryl methyl sites for hydroxylation is 1. The lowest BCUT2D eigenvalue weighted by Crippen LogP contribution is -2.27. The zero-order chi connectivity index (χ0) is 12.8. The van der Waals surface area contributed by atoms with E-state index < -0.39 is 0 Å². The Labute approximate surface area is 107 Å². The van der Waals surface area contributed by atoms with Crippen LogP contribution in [0.15, 0.2) is 30.7 Å². The van der Waals surface area contributed by atoms with E-state index in [-0.39, 0.29) is 6.04 Å². The summed E-state index contributed by atoms with van der Waals surface area (Å²) in [4.78, 5) is 8.55. The largest absolute Gasteiger partial charge is 0.327 e. The van der Waals surface area contributed by atoms with Gasteiger partial charge in [-0.25, -0.2) is 4.98 Å². The van der Waals surface area contributed by atoms with E-state index in [1.165, 1.54) is 0 Å². The number of pyridine rings is 1. The van der Waals surface area contributed by atoms with Crippen molar-refractivity contribution in [3.63, 3.8) is 0 Å². The molecule has 0 saturated carbocycles. The van der Waals surface area contributed by atoms with Gasteiger partial charge in [0.15, 0.2) is 0 Å². The van der Waals surface area contributed by atoms with E-state index in [2.05, 4.69) is 22.0 Å². The lowest BCUT2D eigenvalue weighted by atomic mass is 10.1. The summed E-state index contributed by atoms with van der Waals surface area (Å²) in [5.41, 5.74) is 7.16. The van der Waals surface area contributed by atoms with E-state index in [4.69, 9.17) is 5.73 Å². The molecule has 2 aromatic heterocycles. The molecule has 2 rings (SSSR count). The minimum Gasteiger partial charge on any atom is -0.327 e. The molecule has 0 aliphatic carbocycles. The molecule has 0 spiro atoms. The molecule has 2 N–H and O–H groups in total. The molecule has 0 bridgehead atoms. The summed E-state index contributed by atoms with van der Waals surface area (Å²) in [5, 5.41) is 4.20. The second kappa shape index (κ2) is 6.26. The van der Waals surface area contributed by atoms with Crippen LogP contribution in [0.4, 0.5) is 0 Å². The maximum atomic E-state index is 6.14. The summed E-state index contributed by atoms with van der Waals surface area (Å²) in [6.45, 7) is 3.02. The number of hydrogen-bond acceptors (Lipinski definition) is 4. The first-order valence-corrected chi connectivity index (χ1v) is 6.31. The summed E-state index contributed by atoms with van der Waals surface area (Å²) in [7, 11) is 0. The molecule has 0 fully saturated rings. The molecule has 96 valence electrons. The Morgan fingerprint density at radius 1 is 1.28 bits per heavy atom. The van der Waals surface area contributed by atoms with Gasteiger partial charge in [0.05, 0.1) is 0 Å². The number of aromatic nitrogens is 4. The van der Waals surface area contributed by atoms with Gasteiger partial charge in [0.2, 0.25) is 0 Å². The van der Waals surface area contributed by atoms with Crippen molar-refractivity contribution in [2.24, 2.45) is 5.73 Å². The monoisotopic (exact) mass is 245 g/mol. The maximum absolute atomic E-state index is 6.14. The van der Waals surface area contributed by atoms with Crippen molar-refractivity contribution in [2.75, 3.05) is 0 Å². The predicted molar refractivity (Wildman–Crippen MR) is 69.9 cm³/mol. The zero-order valence-corrected chi connectivity index (χ0v) is 10.7. The molecule has 0 radical (unpaired) electrons. The molecule has 0 aliphatic rings. The van der Waals surface area contributed by atoms with E-state index in [0.29, 0.717) is 0 Å². The van der Waals surface area contributed by atoms with E-state index >= 15 is 0 Å². The summed E-state index contributed by atoms with van der Waals surface area (Å²) >= 11 is 0. The van der Waals surface area contributed by atoms with Crippen LogP contribution in [-0.2, 0) is 19.4 Å². The van der Waals surface area contributed by atoms with Crippen LogP contribution < -0.4 is 5.73 Å². The molecule has 1 unspecified atom stereocenters. The van der Waals surface area contributed by atoms with Gasteiger partial charge in [-0.05, 0) is 18.6 Å². The van der Waals surface area contributed by atoms with Crippen molar-refractivity contribution in [3.8, 4) is 0 Å². The normalized spacial score (nSPS) is 12.6. The summed E-state index contributed by atoms with van der Waals surface area (Å²) < 4.78 is 1.93. The number of hydrogen-bond donors (Lipinski definition) is 1. The van der Waals surface area contributed by atoms with Crippen LogP contribution in [0, 0.1) is 0 Å². The second-order valence-electron chi connectivity index (χ2n) is 4.39. The molecule has 0 aliphatic heterocycles. The van der Waals surface area contributed by atoms with Crippen LogP contribution in [0.3, 0.4) is 0 Å². The molecule has 1 atom stereocenters. The highest BCUT2D eigenvalue weighted by Gasteiger charge is 2.11. The van der Waals surface area contributed by atoms with Gasteiger partial charge < -0.3 is 5.73 Å². The molecule has 2 aromatic rings. The average molecular weight is 245 g/mol. The molecule has 0 saturated heterocycles. The standard InChI is InChI=1S/C13H19N5/c1-2-7-18-13(16-10-17-18)9-11(14)8-12-5-3-4-6-15-12/h3-6,10-11H,2,7-9,14H2,1H3. The minimum atomic E-state index is 0.0275. The van der Waals surface area contributed by atoms with E-state index in [0.717, 1.165) is 37.3 Å². The van der Waals surface area contributed by atoms with Gasteiger partial charge in [0.25, 0.3) is 0 Å². The molecule has 0 amide bonds. The highest BCUT2D eigenvalue weighted by atomic mass is 15.3. The highest BCUT2D eigenvalue weighted by molar-refractivity contribution is 5.06. The van der Waals surface area contributed by atoms with Gasteiger partial charge in [0, 0.05) is 37.3 Å². The van der Waals surface area contributed by atoms with Crippen molar-refractivity contribution in [1.29, 1.82) is 0 Å². The number of nitrogens with zero attached hydrogens (tertiary/aromatic N) is 4. The molecule has 18 heavy (non-hydrogen) atoms. The molecular formula is C13H19N5. The van der Waals surface area contributed by atoms with Gasteiger partial charge in [-0.1, -0.05) is 13.0 Å². The first-order chi connectivity index (χ1) is 8.79. The van der Waals surface area contributed by atoms with Crippen LogP contribution >= 0.6 is 0 Å². The van der Waals surface area contributed by atoms with E-state index in [1.54, 1.807) is 12.5 Å². The van der Waals surface area contributed by atoms with Gasteiger partial charge in [-0.2, -0.15) is 5.10 Å². The molecular weight excluding hydrogens is 226 g/mol. The Balaban J connectivity index is 1.94. The summed E-state index contributed by atoms with van der Waals surface area (Å²) in [6, 6.07) is 5.91. The number of rotatable bonds is 6. The van der Waals surface area contributed by atoms with Crippen molar-refractivity contribution < 1.29 is 0 Å². The smallest absolute Gasteiger partial charge is 0.138 e. The fourth-order valence-corrected chi connectivity index (χ4v) is 1.94. The quantitative estimate of drug-likeness (QED) is 0.830. The summed E-state index contributed by atoms with van der Waals surface area (Å²) in [6.07, 6.45) is 5.93. The van der Waals surface area contributed by atoms with Crippen LogP contribution in [0.25, 0.3) is 0 Å². The number of nitrogens with two attached hydrogens (primary N) is 1. The fraction of sp³-hybridized carbons (Fsp3) is 0.462. The zero-order valence-electron chi connectivity index (χ0n) is 10.7. The Morgan fingerprint density at radius 2 is 2.17 bits per heavy atom. The third kappa shape index (κ3) is 3.37. The lowest BCUT2D eigenvalue weighted by molar-refractivity contribution is 0.538. The van der Waals surface area contributed by atoms with Crippen LogP contribution in [-0.4, -0.2) is 25.8 Å². The van der Waals surface area contributed by atoms with Crippen molar-refractivity contribution >= 4 is 0 Å². The van der Waals surface area contributed by atoms with Crippen molar-refractivity contribution in [3.05, 3.63) is 42.2 Å². The predicted octanol–water partition coefficient (Wildman–Crippen LogP) is 1.20. The summed E-state index contributed by atoms with van der Waals surface area (Å²) in [5.74, 6) is 0.959. The third-order valence-corrected chi connectivity index (χ3v) is 2.77. The molecule has 0 aromatic carbocycles. The van der Waals surface area contributed by atoms with E-state index in [1.807, 2.05) is 22.9 Å². The lowest BCUT2D eigenvalue weighted by Gasteiger charge is -2.11. The Kier molecular flexibility index (Phi) is 4.41.